The number of aromatic nitrogens is 26. The normalized spacial score (nSPS) is 16.6. The number of nitrogens with one attached hydrogen (secondary N) is 6. The molecule has 0 radical (unpaired) electrons. The van der Waals surface area contributed by atoms with Gasteiger partial charge in [-0.2, -0.15) is 57.8 Å². The van der Waals surface area contributed by atoms with Crippen molar-refractivity contribution in [3.05, 3.63) is 214 Å². The number of hydrogen-bond donors (Lipinski definition) is 8. The first-order valence-electron chi connectivity index (χ1n) is 47.2. The molecule has 16 aromatic heterocycles. The molecule has 0 spiro atoms. The van der Waals surface area contributed by atoms with Crippen molar-refractivity contribution in [1.29, 1.82) is 0 Å². The molecule has 0 aromatic carbocycles. The van der Waals surface area contributed by atoms with Gasteiger partial charge in [-0.3, -0.25) is 86.4 Å². The number of amides is 4. The van der Waals surface area contributed by atoms with Gasteiger partial charge < -0.3 is 58.2 Å². The van der Waals surface area contributed by atoms with Gasteiger partial charge in [0.1, 0.15) is 78.6 Å². The van der Waals surface area contributed by atoms with Crippen molar-refractivity contribution in [2.45, 2.75) is 201 Å². The van der Waals surface area contributed by atoms with Crippen molar-refractivity contribution in [2.24, 2.45) is 11.8 Å². The van der Waals surface area contributed by atoms with E-state index < -0.39 is 81.8 Å². The predicted molar refractivity (Wildman–Crippen MR) is 518 cm³/mol. The number of pyridine rings is 2. The van der Waals surface area contributed by atoms with Crippen LogP contribution in [-0.2, 0) is 56.7 Å². The van der Waals surface area contributed by atoms with Crippen LogP contribution in [0.5, 0.6) is 0 Å². The Bertz CT molecular complexity index is 7230. The fraction of sp³-hybridized carbons (Fsp3) is 0.383. The summed E-state index contributed by atoms with van der Waals surface area (Å²) in [6.45, 7) is 15.5. The zero-order valence-electron chi connectivity index (χ0n) is 81.9. The molecule has 3 fully saturated rings. The van der Waals surface area contributed by atoms with Gasteiger partial charge in [0.15, 0.2) is 47.7 Å². The lowest BCUT2D eigenvalue weighted by molar-refractivity contribution is -0.634. The van der Waals surface area contributed by atoms with Gasteiger partial charge in [0.2, 0.25) is 23.6 Å². The largest absolute Gasteiger partial charge is 0.477 e. The van der Waals surface area contributed by atoms with Crippen LogP contribution in [0.3, 0.4) is 0 Å². The number of rotatable bonds is 33. The molecular weight excluding hydrogens is 1990 g/mol. The van der Waals surface area contributed by atoms with Crippen LogP contribution < -0.4 is 25.8 Å². The smallest absolute Gasteiger partial charge is 0.444 e. The van der Waals surface area contributed by atoms with Gasteiger partial charge in [-0.15, -0.1) is 4.68 Å². The number of hydrogen-bond acceptors (Lipinski definition) is 33. The van der Waals surface area contributed by atoms with E-state index in [0.29, 0.717) is 91.9 Å². The minimum atomic E-state index is -4.64. The maximum atomic E-state index is 14.8. The second kappa shape index (κ2) is 47.2. The van der Waals surface area contributed by atoms with Crippen molar-refractivity contribution in [1.82, 2.24) is 124 Å². The summed E-state index contributed by atoms with van der Waals surface area (Å²) in [5.74, 6) is -1.13. The van der Waals surface area contributed by atoms with Gasteiger partial charge in [-0.25, -0.2) is 42.8 Å². The summed E-state index contributed by atoms with van der Waals surface area (Å²) in [6.07, 6.45) is 43.1. The highest BCUT2D eigenvalue weighted by molar-refractivity contribution is 7.48. The number of oxazole rings is 4. The molecule has 784 valence electrons. The van der Waals surface area contributed by atoms with Gasteiger partial charge in [0, 0.05) is 87.0 Å². The quantitative estimate of drug-likeness (QED) is 0.00622. The molecule has 55 heteroatoms. The Morgan fingerprint density at radius 2 is 0.960 bits per heavy atom. The molecule has 4 amide bonds. The van der Waals surface area contributed by atoms with Gasteiger partial charge in [0.25, 0.3) is 29.6 Å². The highest BCUT2D eigenvalue weighted by Crippen LogP contribution is 2.56. The number of carbonyl (C=O) groups is 4. The summed E-state index contributed by atoms with van der Waals surface area (Å²) in [4.78, 5) is 108. The van der Waals surface area contributed by atoms with Gasteiger partial charge >= 0.3 is 27.6 Å². The van der Waals surface area contributed by atoms with Crippen LogP contribution in [0.15, 0.2) is 197 Å². The Labute approximate surface area is 845 Å². The summed E-state index contributed by atoms with van der Waals surface area (Å²) < 4.78 is 154. The summed E-state index contributed by atoms with van der Waals surface area (Å²) in [6, 6.07) is 7.63. The van der Waals surface area contributed by atoms with E-state index in [1.54, 1.807) is 126 Å². The van der Waals surface area contributed by atoms with Crippen molar-refractivity contribution in [3.63, 3.8) is 0 Å². The first-order chi connectivity index (χ1) is 71.3. The third kappa shape index (κ3) is 29.0. The molecule has 0 aliphatic heterocycles. The third-order valence-corrected chi connectivity index (χ3v) is 25.5. The topological polar surface area (TPSA) is 583 Å². The lowest BCUT2D eigenvalue weighted by atomic mass is 9.87. The van der Waals surface area contributed by atoms with Gasteiger partial charge in [0.05, 0.1) is 125 Å². The van der Waals surface area contributed by atoms with E-state index in [1.807, 2.05) is 28.7 Å². The SMILES string of the molecule is CC1CCC(n2cc(NC(=O)c3coc(-c4cnn(COP(=O)(O)O)c4)n3)c(-c3cnccn3)n2)CC1.CC1CCC(n2cc(NC(=O)c3coc(-c4cnn(COP(=O)(OC(C)(C)C)OC(C)(C)C)c4)n3)c(-c3cnccn3)n2)CC1.CCOC1CCC(n2ncc(NC(=O)c3coc(-c4cn[nH]c4)n3)c2-[n+]2cc(F)ccc2F)CC1.O=C(Nc1cn(CCOCC(F)(F)F)nc1-c1ccccn1)c1coc(-c2cn[nH]c2)n1. The van der Waals surface area contributed by atoms with Crippen LogP contribution in [-0.4, -0.2) is 201 Å². The number of H-pyrrole nitrogens is 2. The zero-order chi connectivity index (χ0) is 105. The molecule has 0 unspecified atom stereocenters. The van der Waals surface area contributed by atoms with Crippen molar-refractivity contribution in [2.75, 3.05) is 41.1 Å². The zero-order valence-corrected chi connectivity index (χ0v) is 83.7. The number of phosphoric ester groups is 2. The second-order valence-corrected chi connectivity index (χ2v) is 39.6. The number of halogens is 5. The maximum Gasteiger partial charge on any atom is 0.477 e. The molecule has 16 heterocycles. The standard InChI is InChI=1S/C30H41N8O6P.C23H23F2N7O3.C22H25N8O6P.C19H16F3N7O3/c1-20-8-10-22(11-9-20)38-17-24(26(36-38)23-15-31-12-13-32-23)34-27(39)25-18-41-28(35-25)21-14-33-37(16-21)19-42-45(40,43-29(2,3)4)44-30(5,6)7;1-2-34-17-6-4-16(5-7-17)32-23(31-12-15(24)3-8-20(31)25)18(11-28-32)29-21(33)19-13-35-22(30-19)14-9-26-27-10-14;1-14-2-4-16(5-3-14)30-11-18(20(28-30)17-9-23-6-7-24-17)26-21(31)19-12-35-22(27-19)15-8-25-29(10-15)13-36-37(32,33)34;20-19(21,22)11-31-6-5-29-9-14(16(28-29)13-3-1-2-4-23-13)26-17(30)15-10-32-18(27-15)12-7-24-25-8-12/h12-18,20,22H,8-11,19H2,1-7H3,(H,34,39);3,8-13,16-17H,2,4-7H2,1H3,(H-,26,27,29,30,33);6-12,14,16H,2-5,13H2,1H3,(H,26,31)(H2,32,33,34);1-4,7-10H,5-6,11H2,(H,24,25)(H,26,30)/p+1. The molecule has 8 N–H and O–H groups in total. The molecule has 16 aromatic rings. The van der Waals surface area contributed by atoms with Crippen molar-refractivity contribution in [3.8, 4) is 85.8 Å². The van der Waals surface area contributed by atoms with Crippen LogP contribution in [0.4, 0.5) is 44.7 Å². The molecular formula is C94H106F5N30O18P2+. The minimum absolute atomic E-state index is 0.0156. The van der Waals surface area contributed by atoms with Gasteiger partial charge in [-0.1, -0.05) is 25.0 Å². The number of nitrogens with zero attached hydrogens (tertiary/aromatic N) is 24. The molecule has 3 saturated carbocycles. The number of aromatic amines is 2. The number of alkyl halides is 3. The molecule has 149 heavy (non-hydrogen) atoms. The van der Waals surface area contributed by atoms with Crippen LogP contribution in [0.25, 0.3) is 85.8 Å². The highest BCUT2D eigenvalue weighted by Gasteiger charge is 2.40. The summed E-state index contributed by atoms with van der Waals surface area (Å²) >= 11 is 0. The van der Waals surface area contributed by atoms with Crippen LogP contribution in [0, 0.1) is 23.6 Å². The maximum absolute atomic E-state index is 14.8. The summed E-state index contributed by atoms with van der Waals surface area (Å²) in [5, 5.41) is 50.6. The number of ether oxygens (including phenoxy) is 2. The number of anilines is 4. The van der Waals surface area contributed by atoms with E-state index in [-0.39, 0.29) is 102 Å². The summed E-state index contributed by atoms with van der Waals surface area (Å²) in [7, 11) is -8.58. The Morgan fingerprint density at radius 1 is 0.503 bits per heavy atom. The first kappa shape index (κ1) is 106. The Kier molecular flexibility index (Phi) is 33.7. The molecule has 0 bridgehead atoms. The fourth-order valence-corrected chi connectivity index (χ4v) is 18.1. The highest BCUT2D eigenvalue weighted by atomic mass is 31.2. The third-order valence-electron chi connectivity index (χ3n) is 23.1. The molecule has 3 aliphatic carbocycles. The monoisotopic (exact) mass is 2100 g/mol. The van der Waals surface area contributed by atoms with Crippen LogP contribution in [0.1, 0.15) is 199 Å². The molecule has 19 rings (SSSR count). The van der Waals surface area contributed by atoms with E-state index in [0.717, 1.165) is 105 Å². The van der Waals surface area contributed by atoms with E-state index >= 15 is 0 Å². The predicted octanol–water partition coefficient (Wildman–Crippen LogP) is 16.9. The van der Waals surface area contributed by atoms with E-state index in [1.165, 1.54) is 77.8 Å². The van der Waals surface area contributed by atoms with Crippen LogP contribution in [0.2, 0.25) is 0 Å². The van der Waals surface area contributed by atoms with Gasteiger partial charge in [-0.05, 0) is 156 Å². The molecule has 48 nitrogen and oxygen atoms in total. The Balaban J connectivity index is 0.000000143. The van der Waals surface area contributed by atoms with E-state index in [9.17, 15) is 50.3 Å². The average Bonchev–Trinajstić information content (AvgIpc) is 1.67. The molecule has 0 saturated heterocycles. The van der Waals surface area contributed by atoms with Crippen molar-refractivity contribution < 1.29 is 110 Å². The molecule has 3 aliphatic rings. The fourth-order valence-electron chi connectivity index (χ4n) is 16.1. The van der Waals surface area contributed by atoms with Crippen LogP contribution >= 0.6 is 15.6 Å². The first-order valence-corrected chi connectivity index (χ1v) is 50.2. The molecule has 0 atom stereocenters. The Morgan fingerprint density at radius 3 is 1.40 bits per heavy atom. The average molecular weight is 2100 g/mol. The minimum Gasteiger partial charge on any atom is -0.444 e. The Hall–Kier alpha value is -15.4. The lowest BCUT2D eigenvalue weighted by Gasteiger charge is -2.30. The van der Waals surface area contributed by atoms with E-state index in [2.05, 4.69) is 130 Å². The summed E-state index contributed by atoms with van der Waals surface area (Å²) in [5.41, 5.74) is 5.07. The lowest BCUT2D eigenvalue weighted by Crippen LogP contribution is -2.40. The number of carbonyl (C=O) groups excluding carboxylic acids is 4. The van der Waals surface area contributed by atoms with E-state index in [4.69, 9.17) is 56.0 Å². The second-order valence-electron chi connectivity index (χ2n) is 36.9. The van der Waals surface area contributed by atoms with Crippen molar-refractivity contribution >= 4 is 62.0 Å². The number of phosphoric acid groups is 2.